The number of halogens is 1. The minimum atomic E-state index is 0.556. The van der Waals surface area contributed by atoms with Crippen LogP contribution in [-0.2, 0) is 6.42 Å². The van der Waals surface area contributed by atoms with Crippen LogP contribution >= 0.6 is 23.3 Å². The highest BCUT2D eigenvalue weighted by Crippen LogP contribution is 2.11. The highest BCUT2D eigenvalue weighted by Gasteiger charge is 2.07. The summed E-state index contributed by atoms with van der Waals surface area (Å²) in [7, 11) is 0. The van der Waals surface area contributed by atoms with Crippen molar-refractivity contribution in [2.24, 2.45) is 5.92 Å². The van der Waals surface area contributed by atoms with Gasteiger partial charge in [-0.3, -0.25) is 0 Å². The van der Waals surface area contributed by atoms with Gasteiger partial charge in [0.05, 0.1) is 23.6 Å². The van der Waals surface area contributed by atoms with E-state index in [4.69, 9.17) is 11.6 Å². The molecule has 1 atom stereocenters. The van der Waals surface area contributed by atoms with Gasteiger partial charge in [0.1, 0.15) is 0 Å². The number of hydrogen-bond acceptors (Lipinski definition) is 3. The minimum absolute atomic E-state index is 0.556. The van der Waals surface area contributed by atoms with Gasteiger partial charge in [0, 0.05) is 5.88 Å². The Kier molecular flexibility index (Phi) is 3.80. The fourth-order valence-electron chi connectivity index (χ4n) is 0.878. The van der Waals surface area contributed by atoms with Gasteiger partial charge in [-0.15, -0.1) is 11.6 Å². The van der Waals surface area contributed by atoms with E-state index in [9.17, 15) is 0 Å². The number of aromatic nitrogens is 2. The zero-order valence-corrected chi connectivity index (χ0v) is 8.03. The molecule has 0 N–H and O–H groups in total. The third kappa shape index (κ3) is 2.75. The maximum Gasteiger partial charge on any atom is 0.0746 e. The lowest BCUT2D eigenvalue weighted by atomic mass is 10.0. The smallest absolute Gasteiger partial charge is 0.0746 e. The Hall–Kier alpha value is -0.150. The van der Waals surface area contributed by atoms with Crippen LogP contribution in [0.5, 0.6) is 0 Å². The highest BCUT2D eigenvalue weighted by atomic mass is 35.5. The van der Waals surface area contributed by atoms with E-state index in [1.165, 1.54) is 11.7 Å². The number of alkyl halides is 1. The van der Waals surface area contributed by atoms with Crippen LogP contribution < -0.4 is 0 Å². The van der Waals surface area contributed by atoms with Crippen LogP contribution in [0.4, 0.5) is 0 Å². The van der Waals surface area contributed by atoms with Crippen molar-refractivity contribution in [3.05, 3.63) is 11.9 Å². The predicted octanol–water partition coefficient (Wildman–Crippen LogP) is 2.35. The molecule has 2 nitrogen and oxygen atoms in total. The molecule has 0 saturated heterocycles. The topological polar surface area (TPSA) is 25.8 Å². The van der Waals surface area contributed by atoms with Crippen molar-refractivity contribution in [2.75, 3.05) is 5.88 Å². The van der Waals surface area contributed by atoms with Gasteiger partial charge in [-0.1, -0.05) is 13.3 Å². The first-order chi connectivity index (χ1) is 5.36. The Bertz CT molecular complexity index is 184. The summed E-state index contributed by atoms with van der Waals surface area (Å²) in [6.45, 7) is 2.15. The quantitative estimate of drug-likeness (QED) is 0.682. The molecular formula is C7H11ClN2S. The fraction of sp³-hybridized carbons (Fsp3) is 0.714. The van der Waals surface area contributed by atoms with Crippen molar-refractivity contribution in [1.82, 2.24) is 8.75 Å². The van der Waals surface area contributed by atoms with Crippen LogP contribution in [0.1, 0.15) is 19.0 Å². The normalized spacial score (nSPS) is 13.3. The Morgan fingerprint density at radius 2 is 2.55 bits per heavy atom. The molecule has 0 spiro atoms. The van der Waals surface area contributed by atoms with Gasteiger partial charge in [-0.2, -0.15) is 8.75 Å². The molecule has 1 aromatic rings. The average molecular weight is 191 g/mol. The summed E-state index contributed by atoms with van der Waals surface area (Å²) in [6, 6.07) is 0. The molecule has 0 aromatic carbocycles. The van der Waals surface area contributed by atoms with E-state index in [-0.39, 0.29) is 0 Å². The number of rotatable bonds is 4. The first-order valence-corrected chi connectivity index (χ1v) is 4.95. The van der Waals surface area contributed by atoms with Crippen molar-refractivity contribution in [2.45, 2.75) is 19.8 Å². The van der Waals surface area contributed by atoms with E-state index in [1.807, 2.05) is 6.20 Å². The van der Waals surface area contributed by atoms with E-state index < -0.39 is 0 Å². The SMILES string of the molecule is CCC(CCl)Cc1cnsn1. The first-order valence-electron chi connectivity index (χ1n) is 3.69. The van der Waals surface area contributed by atoms with E-state index in [2.05, 4.69) is 15.7 Å². The van der Waals surface area contributed by atoms with Crippen LogP contribution in [0.15, 0.2) is 6.20 Å². The lowest BCUT2D eigenvalue weighted by Crippen LogP contribution is -2.04. The largest absolute Gasteiger partial charge is 0.181 e. The van der Waals surface area contributed by atoms with E-state index >= 15 is 0 Å². The van der Waals surface area contributed by atoms with Crippen molar-refractivity contribution in [1.29, 1.82) is 0 Å². The molecule has 1 heterocycles. The van der Waals surface area contributed by atoms with Crippen molar-refractivity contribution >= 4 is 23.3 Å². The molecule has 0 amide bonds. The summed E-state index contributed by atoms with van der Waals surface area (Å²) < 4.78 is 8.06. The van der Waals surface area contributed by atoms with Crippen LogP contribution in [0.3, 0.4) is 0 Å². The Labute approximate surface area is 75.9 Å². The van der Waals surface area contributed by atoms with Crippen LogP contribution in [0, 0.1) is 5.92 Å². The molecule has 11 heavy (non-hydrogen) atoms. The predicted molar refractivity (Wildman–Crippen MR) is 48.1 cm³/mol. The molecule has 0 saturated carbocycles. The molecule has 0 bridgehead atoms. The summed E-state index contributed by atoms with van der Waals surface area (Å²) in [5.41, 5.74) is 1.07. The van der Waals surface area contributed by atoms with Gasteiger partial charge in [-0.25, -0.2) is 0 Å². The van der Waals surface area contributed by atoms with Crippen LogP contribution in [-0.4, -0.2) is 14.6 Å². The molecule has 1 aromatic heterocycles. The van der Waals surface area contributed by atoms with Crippen LogP contribution in [0.25, 0.3) is 0 Å². The lowest BCUT2D eigenvalue weighted by Gasteiger charge is -2.06. The molecule has 0 fully saturated rings. The van der Waals surface area contributed by atoms with E-state index in [1.54, 1.807) is 0 Å². The second-order valence-corrected chi connectivity index (χ2v) is 3.40. The second kappa shape index (κ2) is 4.67. The third-order valence-corrected chi connectivity index (χ3v) is 2.65. The maximum absolute atomic E-state index is 5.74. The molecule has 1 unspecified atom stereocenters. The summed E-state index contributed by atoms with van der Waals surface area (Å²) in [5.74, 6) is 1.27. The molecule has 4 heteroatoms. The molecular weight excluding hydrogens is 180 g/mol. The van der Waals surface area contributed by atoms with Gasteiger partial charge in [0.2, 0.25) is 0 Å². The van der Waals surface area contributed by atoms with Gasteiger partial charge < -0.3 is 0 Å². The van der Waals surface area contributed by atoms with Crippen molar-refractivity contribution in [3.63, 3.8) is 0 Å². The fourth-order valence-corrected chi connectivity index (χ4v) is 1.65. The molecule has 0 radical (unpaired) electrons. The monoisotopic (exact) mass is 190 g/mol. The zero-order chi connectivity index (χ0) is 8.10. The summed E-state index contributed by atoms with van der Waals surface area (Å²) >= 11 is 7.00. The zero-order valence-electron chi connectivity index (χ0n) is 6.46. The molecule has 62 valence electrons. The Morgan fingerprint density at radius 1 is 1.73 bits per heavy atom. The third-order valence-electron chi connectivity index (χ3n) is 1.70. The van der Waals surface area contributed by atoms with Gasteiger partial charge in [-0.05, 0) is 12.3 Å². The summed E-state index contributed by atoms with van der Waals surface area (Å²) in [4.78, 5) is 0. The summed E-state index contributed by atoms with van der Waals surface area (Å²) in [6.07, 6.45) is 3.90. The Morgan fingerprint density at radius 3 is 3.00 bits per heavy atom. The minimum Gasteiger partial charge on any atom is -0.181 e. The van der Waals surface area contributed by atoms with Crippen molar-refractivity contribution in [3.8, 4) is 0 Å². The second-order valence-electron chi connectivity index (χ2n) is 2.53. The maximum atomic E-state index is 5.74. The molecule has 1 rings (SSSR count). The summed E-state index contributed by atoms with van der Waals surface area (Å²) in [5, 5.41) is 0. The van der Waals surface area contributed by atoms with E-state index in [0.717, 1.165) is 18.5 Å². The van der Waals surface area contributed by atoms with Gasteiger partial charge in [0.25, 0.3) is 0 Å². The lowest BCUT2D eigenvalue weighted by molar-refractivity contribution is 0.561. The van der Waals surface area contributed by atoms with Gasteiger partial charge in [0.15, 0.2) is 0 Å². The Balaban J connectivity index is 2.41. The standard InChI is InChI=1S/C7H11ClN2S/c1-2-6(4-8)3-7-5-9-11-10-7/h5-6H,2-4H2,1H3. The van der Waals surface area contributed by atoms with Crippen LogP contribution in [0.2, 0.25) is 0 Å². The van der Waals surface area contributed by atoms with Crippen molar-refractivity contribution < 1.29 is 0 Å². The average Bonchev–Trinajstić information content (AvgIpc) is 2.52. The molecule has 0 aliphatic heterocycles. The van der Waals surface area contributed by atoms with E-state index in [0.29, 0.717) is 11.8 Å². The highest BCUT2D eigenvalue weighted by molar-refractivity contribution is 6.99. The first kappa shape index (κ1) is 8.94. The number of nitrogens with zero attached hydrogens (tertiary/aromatic N) is 2. The molecule has 0 aliphatic rings. The molecule has 0 aliphatic carbocycles. The number of hydrogen-bond donors (Lipinski definition) is 0. The van der Waals surface area contributed by atoms with Gasteiger partial charge >= 0.3 is 0 Å².